The molecule has 0 bridgehead atoms. The molecule has 1 heterocycles. The van der Waals surface area contributed by atoms with Gasteiger partial charge < -0.3 is 25.3 Å². The fraction of sp³-hybridized carbons (Fsp3) is 0.462. The summed E-state index contributed by atoms with van der Waals surface area (Å²) in [6.45, 7) is 5.48. The zero-order chi connectivity index (χ0) is 35.7. The Labute approximate surface area is 289 Å². The minimum absolute atomic E-state index is 0.0338. The first-order valence-electron chi connectivity index (χ1n) is 17.1. The third kappa shape index (κ3) is 10.2. The zero-order valence-electron chi connectivity index (χ0n) is 29.6. The van der Waals surface area contributed by atoms with Crippen LogP contribution < -0.4 is 10.6 Å². The molecular formula is C39H51F2N5O3. The van der Waals surface area contributed by atoms with E-state index in [1.807, 2.05) is 63.4 Å². The Bertz CT molecular complexity index is 1640. The van der Waals surface area contributed by atoms with Crippen molar-refractivity contribution in [3.8, 4) is 0 Å². The van der Waals surface area contributed by atoms with Gasteiger partial charge in [-0.05, 0) is 100 Å². The standard InChI is InChI=1S/C39H51F2N5O3/c1-39(2,42-3)20-9-14-36(47)45(5)35(26-27-15-17-29-11-7-8-12-30(29)23-27)38(49)46(6)34(25-28-16-18-32(40)33(41)24-28)37(48)43-21-19-31-13-10-22-44(31)4/h7-9,11-12,14-18,23-24,31,34-35,42H,10,13,19-22,25-26H2,1-6H3,(H,43,48)/b14-9+/t31?,34-,35-/m1/s1. The van der Waals surface area contributed by atoms with E-state index in [1.54, 1.807) is 13.1 Å². The van der Waals surface area contributed by atoms with Gasteiger partial charge in [0.05, 0.1) is 0 Å². The van der Waals surface area contributed by atoms with E-state index < -0.39 is 35.5 Å². The summed E-state index contributed by atoms with van der Waals surface area (Å²) in [5, 5.41) is 8.26. The van der Waals surface area contributed by atoms with E-state index in [1.165, 1.54) is 29.0 Å². The molecular weight excluding hydrogens is 624 g/mol. The van der Waals surface area contributed by atoms with Gasteiger partial charge in [0, 0.05) is 45.1 Å². The molecule has 0 radical (unpaired) electrons. The number of benzene rings is 3. The van der Waals surface area contributed by atoms with E-state index in [9.17, 15) is 23.2 Å². The molecule has 1 aliphatic rings. The SMILES string of the molecule is CNC(C)(C)C/C=C/C(=O)N(C)[C@H](Cc1ccc2ccccc2c1)C(=O)N(C)[C@H](Cc1ccc(F)c(F)c1)C(=O)NCCC1CCCN1C. The number of hydrogen-bond acceptors (Lipinski definition) is 5. The molecule has 3 atom stereocenters. The van der Waals surface area contributed by atoms with Gasteiger partial charge in [0.1, 0.15) is 12.1 Å². The van der Waals surface area contributed by atoms with Crippen molar-refractivity contribution >= 4 is 28.5 Å². The Morgan fingerprint density at radius 2 is 1.61 bits per heavy atom. The Morgan fingerprint density at radius 1 is 0.939 bits per heavy atom. The van der Waals surface area contributed by atoms with Gasteiger partial charge in [-0.2, -0.15) is 0 Å². The van der Waals surface area contributed by atoms with Crippen LogP contribution in [-0.4, -0.2) is 97.4 Å². The van der Waals surface area contributed by atoms with Gasteiger partial charge in [0.15, 0.2) is 11.6 Å². The lowest BCUT2D eigenvalue weighted by Gasteiger charge is -2.34. The minimum atomic E-state index is -1.03. The van der Waals surface area contributed by atoms with Crippen LogP contribution in [0.4, 0.5) is 8.78 Å². The third-order valence-electron chi connectivity index (χ3n) is 9.89. The molecule has 1 unspecified atom stereocenters. The number of rotatable bonds is 15. The van der Waals surface area contributed by atoms with Gasteiger partial charge in [0.25, 0.3) is 0 Å². The number of nitrogens with one attached hydrogen (secondary N) is 2. The summed E-state index contributed by atoms with van der Waals surface area (Å²) >= 11 is 0. The molecule has 0 aliphatic carbocycles. The van der Waals surface area contributed by atoms with Crippen LogP contribution in [0.25, 0.3) is 10.8 Å². The molecule has 8 nitrogen and oxygen atoms in total. The van der Waals surface area contributed by atoms with Crippen molar-refractivity contribution in [3.05, 3.63) is 95.6 Å². The molecule has 1 aliphatic heterocycles. The number of carbonyl (C=O) groups is 3. The van der Waals surface area contributed by atoms with E-state index in [0.29, 0.717) is 24.6 Å². The number of likely N-dealkylation sites (N-methyl/N-ethyl adjacent to an activating group) is 2. The largest absolute Gasteiger partial charge is 0.354 e. The van der Waals surface area contributed by atoms with Crippen LogP contribution in [0.5, 0.6) is 0 Å². The van der Waals surface area contributed by atoms with Crippen LogP contribution >= 0.6 is 0 Å². The van der Waals surface area contributed by atoms with Gasteiger partial charge >= 0.3 is 0 Å². The van der Waals surface area contributed by atoms with Gasteiger partial charge in [-0.3, -0.25) is 14.4 Å². The minimum Gasteiger partial charge on any atom is -0.354 e. The molecule has 2 N–H and O–H groups in total. The summed E-state index contributed by atoms with van der Waals surface area (Å²) in [5.74, 6) is -3.19. The normalized spacial score (nSPS) is 16.5. The number of likely N-dealkylation sites (tertiary alicyclic amines) is 1. The van der Waals surface area contributed by atoms with Crippen molar-refractivity contribution in [2.75, 3.05) is 41.3 Å². The number of hydrogen-bond donors (Lipinski definition) is 2. The van der Waals surface area contributed by atoms with Crippen molar-refractivity contribution < 1.29 is 23.2 Å². The van der Waals surface area contributed by atoms with Crippen LogP contribution in [0.1, 0.15) is 50.7 Å². The number of amides is 3. The van der Waals surface area contributed by atoms with E-state index >= 15 is 0 Å². The molecule has 264 valence electrons. The highest BCUT2D eigenvalue weighted by Crippen LogP contribution is 2.21. The predicted molar refractivity (Wildman–Crippen MR) is 191 cm³/mol. The molecule has 3 amide bonds. The molecule has 10 heteroatoms. The number of carbonyl (C=O) groups excluding carboxylic acids is 3. The maximum absolute atomic E-state index is 14.5. The molecule has 49 heavy (non-hydrogen) atoms. The van der Waals surface area contributed by atoms with E-state index in [2.05, 4.69) is 22.6 Å². The Hall–Kier alpha value is -4.15. The Balaban J connectivity index is 1.62. The molecule has 0 aromatic heterocycles. The summed E-state index contributed by atoms with van der Waals surface area (Å²) in [6, 6.07) is 15.7. The molecule has 3 aromatic carbocycles. The second kappa shape index (κ2) is 17.0. The molecule has 4 rings (SSSR count). The lowest BCUT2D eigenvalue weighted by molar-refractivity contribution is -0.146. The lowest BCUT2D eigenvalue weighted by Crippen LogP contribution is -2.56. The highest BCUT2D eigenvalue weighted by atomic mass is 19.2. The van der Waals surface area contributed by atoms with E-state index in [0.717, 1.165) is 54.3 Å². The first-order chi connectivity index (χ1) is 23.3. The summed E-state index contributed by atoms with van der Waals surface area (Å²) in [4.78, 5) is 46.9. The second-order valence-corrected chi connectivity index (χ2v) is 13.9. The molecule has 0 saturated carbocycles. The summed E-state index contributed by atoms with van der Waals surface area (Å²) in [6.07, 6.45) is 6.96. The van der Waals surface area contributed by atoms with E-state index in [-0.39, 0.29) is 24.3 Å². The average Bonchev–Trinajstić information content (AvgIpc) is 3.50. The summed E-state index contributed by atoms with van der Waals surface area (Å²) in [5.41, 5.74) is 1.01. The van der Waals surface area contributed by atoms with Crippen molar-refractivity contribution in [3.63, 3.8) is 0 Å². The Kier molecular flexibility index (Phi) is 13.1. The monoisotopic (exact) mass is 675 g/mol. The number of fused-ring (bicyclic) bond motifs is 1. The predicted octanol–water partition coefficient (Wildman–Crippen LogP) is 5.10. The van der Waals surface area contributed by atoms with Crippen LogP contribution in [0.15, 0.2) is 72.8 Å². The summed E-state index contributed by atoms with van der Waals surface area (Å²) < 4.78 is 28.1. The van der Waals surface area contributed by atoms with Crippen molar-refractivity contribution in [2.24, 2.45) is 0 Å². The average molecular weight is 676 g/mol. The fourth-order valence-corrected chi connectivity index (χ4v) is 6.31. The highest BCUT2D eigenvalue weighted by Gasteiger charge is 2.35. The van der Waals surface area contributed by atoms with Gasteiger partial charge in [-0.15, -0.1) is 0 Å². The topological polar surface area (TPSA) is 85.0 Å². The quantitative estimate of drug-likeness (QED) is 0.219. The maximum atomic E-state index is 14.5. The third-order valence-corrected chi connectivity index (χ3v) is 9.89. The molecule has 0 spiro atoms. The first-order valence-corrected chi connectivity index (χ1v) is 17.1. The molecule has 3 aromatic rings. The Morgan fingerprint density at radius 3 is 2.29 bits per heavy atom. The van der Waals surface area contributed by atoms with Crippen LogP contribution in [0.2, 0.25) is 0 Å². The smallest absolute Gasteiger partial charge is 0.246 e. The van der Waals surface area contributed by atoms with Crippen molar-refractivity contribution in [2.45, 2.75) is 76.0 Å². The molecule has 1 saturated heterocycles. The van der Waals surface area contributed by atoms with Gasteiger partial charge in [-0.1, -0.05) is 54.6 Å². The molecule has 1 fully saturated rings. The van der Waals surface area contributed by atoms with Crippen molar-refractivity contribution in [1.29, 1.82) is 0 Å². The second-order valence-electron chi connectivity index (χ2n) is 13.9. The first kappa shape index (κ1) is 37.7. The van der Waals surface area contributed by atoms with Crippen molar-refractivity contribution in [1.82, 2.24) is 25.3 Å². The van der Waals surface area contributed by atoms with E-state index in [4.69, 9.17) is 0 Å². The van der Waals surface area contributed by atoms with Crippen LogP contribution in [0, 0.1) is 11.6 Å². The van der Waals surface area contributed by atoms with Crippen LogP contribution in [-0.2, 0) is 27.2 Å². The summed E-state index contributed by atoms with van der Waals surface area (Å²) in [7, 11) is 7.06. The zero-order valence-corrected chi connectivity index (χ0v) is 29.6. The lowest BCUT2D eigenvalue weighted by atomic mass is 9.98. The van der Waals surface area contributed by atoms with Gasteiger partial charge in [0.2, 0.25) is 17.7 Å². The number of nitrogens with zero attached hydrogens (tertiary/aromatic N) is 3. The maximum Gasteiger partial charge on any atom is 0.246 e. The highest BCUT2D eigenvalue weighted by molar-refractivity contribution is 5.95. The number of halogens is 2. The van der Waals surface area contributed by atoms with Gasteiger partial charge in [-0.25, -0.2) is 8.78 Å². The van der Waals surface area contributed by atoms with Crippen LogP contribution in [0.3, 0.4) is 0 Å². The fourth-order valence-electron chi connectivity index (χ4n) is 6.31.